The van der Waals surface area contributed by atoms with E-state index in [-0.39, 0.29) is 17.7 Å². The smallest absolute Gasteiger partial charge is 0.224 e. The van der Waals surface area contributed by atoms with E-state index in [4.69, 9.17) is 35.4 Å². The van der Waals surface area contributed by atoms with E-state index in [1.807, 2.05) is 23.6 Å². The fourth-order valence-corrected chi connectivity index (χ4v) is 3.47. The number of halogens is 2. The summed E-state index contributed by atoms with van der Waals surface area (Å²) in [6.07, 6.45) is 0.784. The Morgan fingerprint density at radius 1 is 1.52 bits per heavy atom. The molecular weight excluding hydrogens is 355 g/mol. The highest BCUT2D eigenvalue weighted by Crippen LogP contribution is 2.50. The number of carbonyl (C=O) groups is 1. The normalized spacial score (nSPS) is 19.6. The number of amides is 1. The second kappa shape index (κ2) is 6.63. The Morgan fingerprint density at radius 3 is 3.04 bits per heavy atom. The lowest BCUT2D eigenvalue weighted by atomic mass is 10.1. The molecule has 1 aromatic heterocycles. The van der Waals surface area contributed by atoms with Gasteiger partial charge in [0.15, 0.2) is 10.6 Å². The Kier molecular flexibility index (Phi) is 4.75. The lowest BCUT2D eigenvalue weighted by molar-refractivity contribution is -0.122. The topological polar surface area (TPSA) is 62.7 Å². The van der Waals surface area contributed by atoms with Crippen LogP contribution in [0.25, 0.3) is 0 Å². The number of benzene rings is 1. The van der Waals surface area contributed by atoms with Crippen LogP contribution in [-0.2, 0) is 17.9 Å². The second-order valence-corrected chi connectivity index (χ2v) is 6.67. The summed E-state index contributed by atoms with van der Waals surface area (Å²) in [6, 6.07) is 5.53. The van der Waals surface area contributed by atoms with Gasteiger partial charge in [0, 0.05) is 12.5 Å². The zero-order chi connectivity index (χ0) is 16.6. The predicted molar refractivity (Wildman–Crippen MR) is 92.2 cm³/mol. The molecule has 2 atom stereocenters. The van der Waals surface area contributed by atoms with E-state index < -0.39 is 0 Å². The average Bonchev–Trinajstić information content (AvgIpc) is 3.25. The molecule has 0 bridgehead atoms. The van der Waals surface area contributed by atoms with Crippen LogP contribution in [0.15, 0.2) is 18.2 Å². The predicted octanol–water partition coefficient (Wildman–Crippen LogP) is 3.69. The molecule has 1 aliphatic carbocycles. The molecule has 5 nitrogen and oxygen atoms in total. The molecule has 2 N–H and O–H groups in total. The van der Waals surface area contributed by atoms with Gasteiger partial charge in [0.2, 0.25) is 5.91 Å². The van der Waals surface area contributed by atoms with Gasteiger partial charge in [-0.15, -0.1) is 0 Å². The molecule has 0 saturated heterocycles. The summed E-state index contributed by atoms with van der Waals surface area (Å²) >= 11 is 17.4. The molecule has 122 valence electrons. The number of H-pyrrole nitrogens is 1. The van der Waals surface area contributed by atoms with Crippen LogP contribution in [0.4, 0.5) is 0 Å². The quantitative estimate of drug-likeness (QED) is 0.788. The maximum Gasteiger partial charge on any atom is 0.224 e. The minimum absolute atomic E-state index is 0.00242. The van der Waals surface area contributed by atoms with Crippen molar-refractivity contribution in [3.05, 3.63) is 44.4 Å². The van der Waals surface area contributed by atoms with E-state index in [2.05, 4.69) is 15.5 Å². The van der Waals surface area contributed by atoms with Gasteiger partial charge in [0.05, 0.1) is 16.6 Å². The lowest BCUT2D eigenvalue weighted by Gasteiger charge is -2.07. The number of nitrogens with zero attached hydrogens (tertiary/aromatic N) is 2. The van der Waals surface area contributed by atoms with Crippen molar-refractivity contribution in [1.29, 1.82) is 0 Å². The molecular formula is C15H16Cl2N4OS. The van der Waals surface area contributed by atoms with Gasteiger partial charge in [-0.25, -0.2) is 0 Å². The molecule has 0 spiro atoms. The van der Waals surface area contributed by atoms with E-state index >= 15 is 0 Å². The van der Waals surface area contributed by atoms with Gasteiger partial charge in [-0.2, -0.15) is 5.10 Å². The van der Waals surface area contributed by atoms with E-state index in [9.17, 15) is 4.79 Å². The van der Waals surface area contributed by atoms with Crippen LogP contribution < -0.4 is 5.32 Å². The molecule has 2 aromatic rings. The molecule has 1 heterocycles. The van der Waals surface area contributed by atoms with Gasteiger partial charge < -0.3 is 9.88 Å². The van der Waals surface area contributed by atoms with Crippen LogP contribution >= 0.6 is 35.4 Å². The minimum Gasteiger partial charge on any atom is -0.349 e. The summed E-state index contributed by atoms with van der Waals surface area (Å²) in [5.74, 6) is 0.794. The van der Waals surface area contributed by atoms with Crippen LogP contribution in [0, 0.1) is 10.7 Å². The number of hydrogen-bond acceptors (Lipinski definition) is 3. The number of aromatic nitrogens is 3. The highest BCUT2D eigenvalue weighted by molar-refractivity contribution is 7.71. The van der Waals surface area contributed by atoms with Crippen molar-refractivity contribution in [1.82, 2.24) is 20.1 Å². The first kappa shape index (κ1) is 16.5. The molecule has 8 heteroatoms. The van der Waals surface area contributed by atoms with Crippen molar-refractivity contribution >= 4 is 41.3 Å². The van der Waals surface area contributed by atoms with E-state index in [0.29, 0.717) is 27.9 Å². The van der Waals surface area contributed by atoms with Gasteiger partial charge in [0.25, 0.3) is 0 Å². The molecule has 3 rings (SSSR count). The molecule has 1 aromatic carbocycles. The summed E-state index contributed by atoms with van der Waals surface area (Å²) in [6.45, 7) is 3.05. The average molecular weight is 371 g/mol. The second-order valence-electron chi connectivity index (χ2n) is 5.50. The Hall–Kier alpha value is -1.37. The summed E-state index contributed by atoms with van der Waals surface area (Å²) in [4.78, 5) is 12.3. The summed E-state index contributed by atoms with van der Waals surface area (Å²) in [7, 11) is 0. The summed E-state index contributed by atoms with van der Waals surface area (Å²) in [5.41, 5.74) is 0.940. The number of hydrogen-bond donors (Lipinski definition) is 2. The standard InChI is InChI=1S/C15H16Cl2N4OS/c1-2-21-12(19-20-15(21)23)7-18-14(22)10-6-9(10)8-4-3-5-11(16)13(8)17/h3-5,9-10H,2,6-7H2,1H3,(H,18,22)(H,20,23)/t9-,10+/m0/s1. The van der Waals surface area contributed by atoms with E-state index in [1.54, 1.807) is 6.07 Å². The SMILES string of the molecule is CCn1c(CNC(=O)[C@@H]2C[C@H]2c2cccc(Cl)c2Cl)n[nH]c1=S. The lowest BCUT2D eigenvalue weighted by Crippen LogP contribution is -2.26. The van der Waals surface area contributed by atoms with Crippen LogP contribution in [0.3, 0.4) is 0 Å². The molecule has 0 aliphatic heterocycles. The largest absolute Gasteiger partial charge is 0.349 e. The Balaban J connectivity index is 1.62. The first-order valence-corrected chi connectivity index (χ1v) is 8.55. The minimum atomic E-state index is -0.0667. The third kappa shape index (κ3) is 3.29. The van der Waals surface area contributed by atoms with Crippen molar-refractivity contribution in [2.24, 2.45) is 5.92 Å². The van der Waals surface area contributed by atoms with Gasteiger partial charge in [-0.3, -0.25) is 9.89 Å². The van der Waals surface area contributed by atoms with E-state index in [0.717, 1.165) is 17.8 Å². The fraction of sp³-hybridized carbons (Fsp3) is 0.400. The molecule has 1 fully saturated rings. The first-order valence-electron chi connectivity index (χ1n) is 7.38. The van der Waals surface area contributed by atoms with Gasteiger partial charge >= 0.3 is 0 Å². The Morgan fingerprint density at radius 2 is 2.30 bits per heavy atom. The molecule has 1 amide bonds. The Bertz CT molecular complexity index is 801. The van der Waals surface area contributed by atoms with Gasteiger partial charge in [-0.1, -0.05) is 35.3 Å². The number of nitrogens with one attached hydrogen (secondary N) is 2. The Labute approximate surface area is 149 Å². The third-order valence-corrected chi connectivity index (χ3v) is 5.23. The summed E-state index contributed by atoms with van der Waals surface area (Å²) in [5, 5.41) is 10.9. The summed E-state index contributed by atoms with van der Waals surface area (Å²) < 4.78 is 2.42. The van der Waals surface area contributed by atoms with Crippen molar-refractivity contribution in [2.45, 2.75) is 32.4 Å². The first-order chi connectivity index (χ1) is 11.0. The zero-order valence-electron chi connectivity index (χ0n) is 12.5. The molecule has 23 heavy (non-hydrogen) atoms. The van der Waals surface area contributed by atoms with E-state index in [1.165, 1.54) is 0 Å². The monoisotopic (exact) mass is 370 g/mol. The van der Waals surface area contributed by atoms with Crippen LogP contribution in [0.1, 0.15) is 30.7 Å². The molecule has 1 saturated carbocycles. The van der Waals surface area contributed by atoms with Crippen LogP contribution in [-0.4, -0.2) is 20.7 Å². The van der Waals surface area contributed by atoms with Crippen molar-refractivity contribution in [2.75, 3.05) is 0 Å². The van der Waals surface area contributed by atoms with Crippen molar-refractivity contribution in [3.63, 3.8) is 0 Å². The maximum absolute atomic E-state index is 12.3. The number of aromatic amines is 1. The van der Waals surface area contributed by atoms with Crippen molar-refractivity contribution < 1.29 is 4.79 Å². The number of rotatable bonds is 5. The number of carbonyl (C=O) groups excluding carboxylic acids is 1. The zero-order valence-corrected chi connectivity index (χ0v) is 14.8. The fourth-order valence-electron chi connectivity index (χ4n) is 2.74. The molecule has 0 unspecified atom stereocenters. The maximum atomic E-state index is 12.3. The third-order valence-electron chi connectivity index (χ3n) is 4.08. The van der Waals surface area contributed by atoms with Crippen LogP contribution in [0.2, 0.25) is 10.0 Å². The molecule has 1 aliphatic rings. The van der Waals surface area contributed by atoms with Gasteiger partial charge in [0.1, 0.15) is 0 Å². The highest BCUT2D eigenvalue weighted by Gasteiger charge is 2.45. The van der Waals surface area contributed by atoms with Crippen molar-refractivity contribution in [3.8, 4) is 0 Å². The highest BCUT2D eigenvalue weighted by atomic mass is 35.5. The molecule has 0 radical (unpaired) electrons. The van der Waals surface area contributed by atoms with Crippen LogP contribution in [0.5, 0.6) is 0 Å². The van der Waals surface area contributed by atoms with Gasteiger partial charge in [-0.05, 0) is 43.1 Å².